The van der Waals surface area contributed by atoms with Gasteiger partial charge in [0, 0.05) is 56.3 Å². The van der Waals surface area contributed by atoms with Gasteiger partial charge in [0.1, 0.15) is 11.4 Å². The van der Waals surface area contributed by atoms with Crippen molar-refractivity contribution >= 4 is 23.4 Å². The number of rotatable bonds is 6. The van der Waals surface area contributed by atoms with Gasteiger partial charge in [0.15, 0.2) is 0 Å². The third-order valence-corrected chi connectivity index (χ3v) is 7.77. The number of ether oxygens (including phenoxy) is 1. The lowest BCUT2D eigenvalue weighted by atomic mass is 9.77. The van der Waals surface area contributed by atoms with Crippen LogP contribution in [-0.2, 0) is 11.8 Å². The van der Waals surface area contributed by atoms with Crippen LogP contribution in [0.15, 0.2) is 24.7 Å². The van der Waals surface area contributed by atoms with Gasteiger partial charge in [-0.2, -0.15) is 0 Å². The first-order chi connectivity index (χ1) is 16.7. The SMILES string of the molecule is Cc1cc(OC[C@]2(CC(=O)N3CCC(O)CC3)CCCN(C(=O)c3cn(C)cn3)C2)cc(C)c1Cl. The number of likely N-dealkylation sites (tertiary alicyclic amines) is 2. The first-order valence-corrected chi connectivity index (χ1v) is 12.7. The first-order valence-electron chi connectivity index (χ1n) is 12.3. The lowest BCUT2D eigenvalue weighted by Gasteiger charge is -2.43. The van der Waals surface area contributed by atoms with E-state index in [1.165, 1.54) is 0 Å². The highest BCUT2D eigenvalue weighted by atomic mass is 35.5. The van der Waals surface area contributed by atoms with Crippen LogP contribution in [-0.4, -0.2) is 75.2 Å². The minimum Gasteiger partial charge on any atom is -0.493 e. The molecule has 0 unspecified atom stereocenters. The number of imidazole rings is 1. The van der Waals surface area contributed by atoms with Gasteiger partial charge in [-0.25, -0.2) is 4.98 Å². The van der Waals surface area contributed by atoms with Crippen LogP contribution < -0.4 is 4.74 Å². The van der Waals surface area contributed by atoms with Crippen LogP contribution in [0, 0.1) is 19.3 Å². The fourth-order valence-corrected chi connectivity index (χ4v) is 5.26. The van der Waals surface area contributed by atoms with E-state index in [0.717, 1.165) is 29.0 Å². The molecule has 0 spiro atoms. The number of hydrogen-bond acceptors (Lipinski definition) is 5. The van der Waals surface area contributed by atoms with Crippen molar-refractivity contribution < 1.29 is 19.4 Å². The Labute approximate surface area is 211 Å². The van der Waals surface area contributed by atoms with Crippen LogP contribution in [0.3, 0.4) is 0 Å². The number of benzene rings is 1. The average Bonchev–Trinajstić information content (AvgIpc) is 3.27. The van der Waals surface area contributed by atoms with Crippen LogP contribution in [0.4, 0.5) is 0 Å². The highest BCUT2D eigenvalue weighted by Crippen LogP contribution is 2.37. The van der Waals surface area contributed by atoms with Crippen LogP contribution in [0.5, 0.6) is 5.75 Å². The molecule has 0 radical (unpaired) electrons. The van der Waals surface area contributed by atoms with Gasteiger partial charge >= 0.3 is 0 Å². The second-order valence-corrected chi connectivity index (χ2v) is 10.6. The molecular formula is C26H35ClN4O4. The van der Waals surface area contributed by atoms with Crippen molar-refractivity contribution in [2.45, 2.75) is 52.1 Å². The van der Waals surface area contributed by atoms with Gasteiger partial charge in [-0.05, 0) is 62.8 Å². The molecule has 9 heteroatoms. The monoisotopic (exact) mass is 502 g/mol. The summed E-state index contributed by atoms with van der Waals surface area (Å²) in [7, 11) is 1.84. The number of piperidine rings is 2. The van der Waals surface area contributed by atoms with Crippen molar-refractivity contribution in [3.05, 3.63) is 46.5 Å². The molecule has 35 heavy (non-hydrogen) atoms. The molecule has 1 aromatic carbocycles. The zero-order chi connectivity index (χ0) is 25.2. The summed E-state index contributed by atoms with van der Waals surface area (Å²) in [5.74, 6) is 0.642. The fraction of sp³-hybridized carbons (Fsp3) is 0.577. The maximum absolute atomic E-state index is 13.3. The summed E-state index contributed by atoms with van der Waals surface area (Å²) in [5.41, 5.74) is 1.77. The van der Waals surface area contributed by atoms with Gasteiger partial charge in [0.05, 0.1) is 19.0 Å². The summed E-state index contributed by atoms with van der Waals surface area (Å²) >= 11 is 6.33. The Bertz CT molecular complexity index is 1060. The topological polar surface area (TPSA) is 87.9 Å². The second kappa shape index (κ2) is 10.6. The molecule has 3 heterocycles. The van der Waals surface area contributed by atoms with Gasteiger partial charge < -0.3 is 24.2 Å². The van der Waals surface area contributed by atoms with E-state index >= 15 is 0 Å². The number of aliphatic hydroxyl groups excluding tert-OH is 1. The van der Waals surface area contributed by atoms with E-state index in [1.807, 2.05) is 37.9 Å². The number of aromatic nitrogens is 2. The van der Waals surface area contributed by atoms with Crippen molar-refractivity contribution in [1.82, 2.24) is 19.4 Å². The number of aliphatic hydroxyl groups is 1. The third kappa shape index (κ3) is 5.98. The summed E-state index contributed by atoms with van der Waals surface area (Å²) in [4.78, 5) is 34.4. The Morgan fingerprint density at radius 1 is 1.17 bits per heavy atom. The maximum Gasteiger partial charge on any atom is 0.274 e. The Balaban J connectivity index is 1.54. The maximum atomic E-state index is 13.3. The number of nitrogens with zero attached hydrogens (tertiary/aromatic N) is 4. The van der Waals surface area contributed by atoms with Crippen molar-refractivity contribution in [3.63, 3.8) is 0 Å². The predicted molar refractivity (Wildman–Crippen MR) is 134 cm³/mol. The van der Waals surface area contributed by atoms with Gasteiger partial charge in [-0.15, -0.1) is 0 Å². The number of carbonyl (C=O) groups excluding carboxylic acids is 2. The quantitative estimate of drug-likeness (QED) is 0.654. The number of aryl methyl sites for hydroxylation is 3. The van der Waals surface area contributed by atoms with Crippen molar-refractivity contribution in [2.75, 3.05) is 32.8 Å². The van der Waals surface area contributed by atoms with Crippen molar-refractivity contribution in [1.29, 1.82) is 0 Å². The molecule has 2 fully saturated rings. The number of halogens is 1. The average molecular weight is 503 g/mol. The standard InChI is InChI=1S/C26H35ClN4O4/c1-18-11-21(12-19(2)24(18)27)35-16-26(13-23(33)30-9-5-20(32)6-10-30)7-4-8-31(15-26)25(34)22-14-29(3)17-28-22/h11-12,14,17,20,32H,4-10,13,15-16H2,1-3H3/t26-/m0/s1. The molecule has 0 aliphatic carbocycles. The van der Waals surface area contributed by atoms with E-state index in [4.69, 9.17) is 16.3 Å². The predicted octanol–water partition coefficient (Wildman–Crippen LogP) is 3.37. The number of carbonyl (C=O) groups is 2. The molecule has 2 amide bonds. The van der Waals surface area contributed by atoms with E-state index in [0.29, 0.717) is 63.5 Å². The Kier molecular flexibility index (Phi) is 7.71. The van der Waals surface area contributed by atoms with Gasteiger partial charge in [0.2, 0.25) is 5.91 Å². The van der Waals surface area contributed by atoms with Gasteiger partial charge in [0.25, 0.3) is 5.91 Å². The first kappa shape index (κ1) is 25.5. The largest absolute Gasteiger partial charge is 0.493 e. The summed E-state index contributed by atoms with van der Waals surface area (Å²) in [5, 5.41) is 10.6. The molecule has 1 atom stereocenters. The molecule has 1 N–H and O–H groups in total. The highest BCUT2D eigenvalue weighted by molar-refractivity contribution is 6.32. The van der Waals surface area contributed by atoms with E-state index in [9.17, 15) is 14.7 Å². The molecule has 0 bridgehead atoms. The third-order valence-electron chi connectivity index (χ3n) is 7.17. The smallest absolute Gasteiger partial charge is 0.274 e. The fourth-order valence-electron chi connectivity index (χ4n) is 5.15. The van der Waals surface area contributed by atoms with Gasteiger partial charge in [-0.3, -0.25) is 9.59 Å². The minimum absolute atomic E-state index is 0.0519. The summed E-state index contributed by atoms with van der Waals surface area (Å²) < 4.78 is 8.04. The van der Waals surface area contributed by atoms with Crippen LogP contribution >= 0.6 is 11.6 Å². The molecular weight excluding hydrogens is 468 g/mol. The van der Waals surface area contributed by atoms with Crippen molar-refractivity contribution in [3.8, 4) is 5.75 Å². The number of amides is 2. The normalized spacial score (nSPS) is 21.3. The molecule has 2 aromatic rings. The zero-order valence-corrected chi connectivity index (χ0v) is 21.6. The molecule has 190 valence electrons. The molecule has 2 aliphatic rings. The summed E-state index contributed by atoms with van der Waals surface area (Å²) in [6, 6.07) is 3.83. The second-order valence-electron chi connectivity index (χ2n) is 10.2. The van der Waals surface area contributed by atoms with Crippen LogP contribution in [0.1, 0.15) is 53.7 Å². The van der Waals surface area contributed by atoms with Crippen LogP contribution in [0.25, 0.3) is 0 Å². The zero-order valence-electron chi connectivity index (χ0n) is 20.8. The highest BCUT2D eigenvalue weighted by Gasteiger charge is 2.41. The van der Waals surface area contributed by atoms with E-state index in [2.05, 4.69) is 4.98 Å². The molecule has 1 aromatic heterocycles. The minimum atomic E-state index is -0.517. The Morgan fingerprint density at radius 3 is 2.49 bits per heavy atom. The van der Waals surface area contributed by atoms with Crippen molar-refractivity contribution in [2.24, 2.45) is 12.5 Å². The summed E-state index contributed by atoms with van der Waals surface area (Å²) in [6.45, 7) is 6.38. The summed E-state index contributed by atoms with van der Waals surface area (Å²) in [6.07, 6.45) is 6.06. The molecule has 2 saturated heterocycles. The molecule has 4 rings (SSSR count). The van der Waals surface area contributed by atoms with E-state index in [1.54, 1.807) is 22.0 Å². The van der Waals surface area contributed by atoms with Crippen LogP contribution in [0.2, 0.25) is 5.02 Å². The van der Waals surface area contributed by atoms with E-state index in [-0.39, 0.29) is 17.9 Å². The molecule has 2 aliphatic heterocycles. The lowest BCUT2D eigenvalue weighted by molar-refractivity contribution is -0.137. The Morgan fingerprint density at radius 2 is 1.86 bits per heavy atom. The lowest BCUT2D eigenvalue weighted by Crippen LogP contribution is -2.51. The molecule has 0 saturated carbocycles. The number of hydrogen-bond donors (Lipinski definition) is 1. The Hall–Kier alpha value is -2.58. The molecule has 8 nitrogen and oxygen atoms in total. The van der Waals surface area contributed by atoms with Gasteiger partial charge in [-0.1, -0.05) is 11.6 Å². The van der Waals surface area contributed by atoms with E-state index < -0.39 is 5.41 Å².